The highest BCUT2D eigenvalue weighted by Gasteiger charge is 2.33. The van der Waals surface area contributed by atoms with Crippen LogP contribution in [0.3, 0.4) is 0 Å². The van der Waals surface area contributed by atoms with Gasteiger partial charge in [0.05, 0.1) is 6.04 Å². The lowest BCUT2D eigenvalue weighted by Gasteiger charge is -2.29. The summed E-state index contributed by atoms with van der Waals surface area (Å²) in [4.78, 5) is 46.8. The van der Waals surface area contributed by atoms with Gasteiger partial charge in [0.2, 0.25) is 5.91 Å². The smallest absolute Gasteiger partial charge is 0.339 e. The van der Waals surface area contributed by atoms with Crippen molar-refractivity contribution in [1.29, 1.82) is 0 Å². The number of nitrogens with zero attached hydrogens (tertiary/aromatic N) is 1. The lowest BCUT2D eigenvalue weighted by Crippen LogP contribution is -2.46. The van der Waals surface area contributed by atoms with E-state index >= 15 is 0 Å². The molecule has 18 heavy (non-hydrogen) atoms. The van der Waals surface area contributed by atoms with Crippen LogP contribution < -0.4 is 5.73 Å². The summed E-state index contributed by atoms with van der Waals surface area (Å²) < 4.78 is 21.7. The van der Waals surface area contributed by atoms with E-state index in [2.05, 4.69) is 0 Å². The van der Waals surface area contributed by atoms with Gasteiger partial charge in [-0.15, -0.1) is 0 Å². The van der Waals surface area contributed by atoms with E-state index in [9.17, 15) is 13.9 Å². The van der Waals surface area contributed by atoms with E-state index in [1.54, 1.807) is 0 Å². The first-order valence-electron chi connectivity index (χ1n) is 4.69. The zero-order valence-electron chi connectivity index (χ0n) is 9.29. The summed E-state index contributed by atoms with van der Waals surface area (Å²) in [5, 5.41) is 8.71. The molecule has 1 amide bonds. The van der Waals surface area contributed by atoms with Gasteiger partial charge in [0.15, 0.2) is 0 Å². The van der Waals surface area contributed by atoms with Gasteiger partial charge in [-0.3, -0.25) is 18.8 Å². The summed E-state index contributed by atoms with van der Waals surface area (Å²) >= 11 is 0. The van der Waals surface area contributed by atoms with Gasteiger partial charge >= 0.3 is 15.2 Å². The van der Waals surface area contributed by atoms with Crippen LogP contribution in [0.4, 0.5) is 0 Å². The number of rotatable bonds is 8. The van der Waals surface area contributed by atoms with Crippen LogP contribution in [0.15, 0.2) is 0 Å². The number of carbonyl (C=O) groups excluding carboxylic acids is 1. The number of hydrogen-bond acceptors (Lipinski definition) is 5. The third-order valence-electron chi connectivity index (χ3n) is 1.90. The summed E-state index contributed by atoms with van der Waals surface area (Å²) in [5.74, 6) is -1.04. The van der Waals surface area contributed by atoms with Gasteiger partial charge in [0.1, 0.15) is 12.6 Å². The van der Waals surface area contributed by atoms with Gasteiger partial charge in [0.25, 0.3) is 0 Å². The average Bonchev–Trinajstić information content (AvgIpc) is 2.07. The first kappa shape index (κ1) is 17.7. The second-order valence-electron chi connectivity index (χ2n) is 3.63. The lowest BCUT2D eigenvalue weighted by atomic mass is 10.2. The third-order valence-corrected chi connectivity index (χ3v) is 3.37. The van der Waals surface area contributed by atoms with E-state index in [0.29, 0.717) is 4.90 Å². The molecule has 0 aliphatic carbocycles. The molecule has 7 N–H and O–H groups in total. The maximum atomic E-state index is 11.1. The minimum absolute atomic E-state index is 0.282. The van der Waals surface area contributed by atoms with Gasteiger partial charge in [-0.05, 0) is 6.42 Å². The van der Waals surface area contributed by atoms with Crippen LogP contribution in [0, 0.1) is 0 Å². The Kier molecular flexibility index (Phi) is 6.62. The SMILES string of the molecule is NC(=O)[C@H](CCO)N(CP(=O)(O)O)CP(=O)(O)O. The molecule has 0 aromatic rings. The number of carbonyl (C=O) groups is 1. The lowest BCUT2D eigenvalue weighted by molar-refractivity contribution is -0.123. The summed E-state index contributed by atoms with van der Waals surface area (Å²) in [6.07, 6.45) is -2.35. The molecular formula is C6H16N2O8P2. The van der Waals surface area contributed by atoms with Crippen molar-refractivity contribution in [2.75, 3.05) is 19.2 Å². The Labute approximate surface area is 103 Å². The van der Waals surface area contributed by atoms with E-state index in [0.717, 1.165) is 0 Å². The Morgan fingerprint density at radius 1 is 1.11 bits per heavy atom. The number of hydrogen-bond donors (Lipinski definition) is 6. The molecule has 0 aromatic carbocycles. The molecule has 12 heteroatoms. The van der Waals surface area contributed by atoms with Crippen molar-refractivity contribution in [1.82, 2.24) is 4.90 Å². The molecule has 10 nitrogen and oxygen atoms in total. The monoisotopic (exact) mass is 306 g/mol. The van der Waals surface area contributed by atoms with Crippen molar-refractivity contribution < 1.29 is 38.6 Å². The van der Waals surface area contributed by atoms with Crippen molar-refractivity contribution in [3.63, 3.8) is 0 Å². The van der Waals surface area contributed by atoms with Gasteiger partial charge in [-0.25, -0.2) is 0 Å². The maximum absolute atomic E-state index is 11.1. The Bertz CT molecular complexity index is 352. The minimum Gasteiger partial charge on any atom is -0.396 e. The van der Waals surface area contributed by atoms with E-state index in [4.69, 9.17) is 30.4 Å². The quantitative estimate of drug-likeness (QED) is 0.271. The number of aliphatic hydroxyl groups is 1. The van der Waals surface area contributed by atoms with Gasteiger partial charge in [0, 0.05) is 6.61 Å². The number of primary amides is 1. The first-order valence-corrected chi connectivity index (χ1v) is 8.29. The summed E-state index contributed by atoms with van der Waals surface area (Å²) in [7, 11) is -9.26. The zero-order chi connectivity index (χ0) is 14.6. The molecule has 0 heterocycles. The Hall–Kier alpha value is -0.310. The second kappa shape index (κ2) is 6.74. The van der Waals surface area contributed by atoms with Crippen molar-refractivity contribution in [3.05, 3.63) is 0 Å². The van der Waals surface area contributed by atoms with Crippen LogP contribution in [0.5, 0.6) is 0 Å². The van der Waals surface area contributed by atoms with E-state index in [1.165, 1.54) is 0 Å². The van der Waals surface area contributed by atoms with Gasteiger partial charge in [-0.1, -0.05) is 0 Å². The number of nitrogens with two attached hydrogens (primary N) is 1. The second-order valence-corrected chi connectivity index (χ2v) is 6.86. The first-order chi connectivity index (χ1) is 7.96. The molecule has 0 fully saturated rings. The van der Waals surface area contributed by atoms with Crippen LogP contribution in [0.2, 0.25) is 0 Å². The topological polar surface area (TPSA) is 182 Å². The molecular weight excluding hydrogens is 290 g/mol. The van der Waals surface area contributed by atoms with E-state index in [-0.39, 0.29) is 6.42 Å². The molecule has 0 saturated heterocycles. The largest absolute Gasteiger partial charge is 0.396 e. The van der Waals surface area contributed by atoms with Crippen molar-refractivity contribution >= 4 is 21.1 Å². The zero-order valence-corrected chi connectivity index (χ0v) is 11.1. The van der Waals surface area contributed by atoms with Crippen LogP contribution >= 0.6 is 15.2 Å². The summed E-state index contributed by atoms with van der Waals surface area (Å²) in [6.45, 7) is -0.521. The molecule has 0 radical (unpaired) electrons. The third kappa shape index (κ3) is 7.91. The molecule has 0 saturated carbocycles. The fraction of sp³-hybridized carbons (Fsp3) is 0.833. The molecule has 1 atom stereocenters. The fourth-order valence-corrected chi connectivity index (χ4v) is 3.04. The van der Waals surface area contributed by atoms with Crippen LogP contribution in [-0.4, -0.2) is 60.7 Å². The van der Waals surface area contributed by atoms with E-state index in [1.807, 2.05) is 0 Å². The molecule has 0 aliphatic heterocycles. The minimum atomic E-state index is -4.63. The van der Waals surface area contributed by atoms with Crippen LogP contribution in [0.1, 0.15) is 6.42 Å². The molecule has 0 rings (SSSR count). The van der Waals surface area contributed by atoms with E-state index < -0.39 is 46.3 Å². The normalized spacial score (nSPS) is 14.8. The predicted octanol–water partition coefficient (Wildman–Crippen LogP) is -2.20. The highest BCUT2D eigenvalue weighted by atomic mass is 31.2. The highest BCUT2D eigenvalue weighted by Crippen LogP contribution is 2.41. The summed E-state index contributed by atoms with van der Waals surface area (Å²) in [6, 6.07) is -1.37. The van der Waals surface area contributed by atoms with Gasteiger partial charge in [-0.2, -0.15) is 0 Å². The van der Waals surface area contributed by atoms with Gasteiger partial charge < -0.3 is 30.4 Å². The summed E-state index contributed by atoms with van der Waals surface area (Å²) in [5.41, 5.74) is 4.96. The maximum Gasteiger partial charge on any atom is 0.339 e. The van der Waals surface area contributed by atoms with Crippen LogP contribution in [-0.2, 0) is 13.9 Å². The Morgan fingerprint density at radius 2 is 1.50 bits per heavy atom. The number of amides is 1. The van der Waals surface area contributed by atoms with Crippen molar-refractivity contribution in [2.24, 2.45) is 5.73 Å². The molecule has 0 aromatic heterocycles. The highest BCUT2D eigenvalue weighted by molar-refractivity contribution is 7.52. The molecule has 108 valence electrons. The van der Waals surface area contributed by atoms with Crippen LogP contribution in [0.25, 0.3) is 0 Å². The molecule has 0 aliphatic rings. The van der Waals surface area contributed by atoms with Crippen molar-refractivity contribution in [2.45, 2.75) is 12.5 Å². The number of aliphatic hydroxyl groups excluding tert-OH is 1. The van der Waals surface area contributed by atoms with Crippen molar-refractivity contribution in [3.8, 4) is 0 Å². The Morgan fingerprint density at radius 3 is 1.72 bits per heavy atom. The molecule has 0 bridgehead atoms. The predicted molar refractivity (Wildman–Crippen MR) is 60.3 cm³/mol. The Balaban J connectivity index is 5.09. The molecule has 0 unspecified atom stereocenters. The average molecular weight is 306 g/mol. The molecule has 0 spiro atoms. The fourth-order valence-electron chi connectivity index (χ4n) is 1.34. The standard InChI is InChI=1S/C6H16N2O8P2/c7-6(10)5(1-2-9)8(3-17(11,12)13)4-18(14,15)16/h5,9H,1-4H2,(H2,7,10)(H2,11,12,13)(H2,14,15,16)/t5-/m0/s1.